The van der Waals surface area contributed by atoms with E-state index in [0.717, 1.165) is 24.9 Å². The Labute approximate surface area is 188 Å². The van der Waals surface area contributed by atoms with Crippen LogP contribution >= 0.6 is 0 Å². The Balaban J connectivity index is 1.46. The van der Waals surface area contributed by atoms with Crippen LogP contribution in [0.2, 0.25) is 19.1 Å². The van der Waals surface area contributed by atoms with Gasteiger partial charge in [0.1, 0.15) is 6.61 Å². The molecule has 2 aromatic rings. The number of benzene rings is 2. The summed E-state index contributed by atoms with van der Waals surface area (Å²) < 4.78 is 5.75. The molecule has 4 atom stereocenters. The molecule has 2 fully saturated rings. The third-order valence-electron chi connectivity index (χ3n) is 7.55. The number of hydrogen-bond acceptors (Lipinski definition) is 2. The van der Waals surface area contributed by atoms with Gasteiger partial charge in [0.15, 0.2) is 0 Å². The second kappa shape index (κ2) is 9.60. The first kappa shape index (κ1) is 22.1. The molecule has 31 heavy (non-hydrogen) atoms. The number of piperidine rings is 1. The highest BCUT2D eigenvalue weighted by molar-refractivity contribution is 6.89. The van der Waals surface area contributed by atoms with Gasteiger partial charge in [-0.2, -0.15) is 0 Å². The summed E-state index contributed by atoms with van der Waals surface area (Å²) in [5.41, 5.74) is 1.05. The van der Waals surface area contributed by atoms with Gasteiger partial charge >= 0.3 is 6.09 Å². The van der Waals surface area contributed by atoms with Crippen molar-refractivity contribution in [3.05, 3.63) is 66.2 Å². The molecule has 2 aliphatic rings. The number of fused-ring (bicyclic) bond motifs is 1. The predicted molar refractivity (Wildman–Crippen MR) is 130 cm³/mol. The molecule has 1 heterocycles. The fourth-order valence-corrected chi connectivity index (χ4v) is 9.18. The molecule has 0 bridgehead atoms. The zero-order valence-electron chi connectivity index (χ0n) is 19.3. The van der Waals surface area contributed by atoms with E-state index < -0.39 is 8.07 Å². The van der Waals surface area contributed by atoms with E-state index >= 15 is 0 Å². The monoisotopic (exact) mass is 435 g/mol. The van der Waals surface area contributed by atoms with Gasteiger partial charge in [-0.1, -0.05) is 91.9 Å². The van der Waals surface area contributed by atoms with Crippen LogP contribution in [-0.4, -0.2) is 31.7 Å². The minimum Gasteiger partial charge on any atom is -0.445 e. The second-order valence-electron chi connectivity index (χ2n) is 10.4. The maximum atomic E-state index is 13.1. The van der Waals surface area contributed by atoms with Crippen molar-refractivity contribution in [2.75, 3.05) is 6.54 Å². The summed E-state index contributed by atoms with van der Waals surface area (Å²) >= 11 is 0. The molecule has 3 nitrogen and oxygen atoms in total. The minimum atomic E-state index is -1.52. The van der Waals surface area contributed by atoms with Crippen molar-refractivity contribution < 1.29 is 9.53 Å². The summed E-state index contributed by atoms with van der Waals surface area (Å²) in [6.45, 7) is 8.62. The topological polar surface area (TPSA) is 29.5 Å². The van der Waals surface area contributed by atoms with E-state index in [-0.39, 0.29) is 6.09 Å². The van der Waals surface area contributed by atoms with E-state index in [4.69, 9.17) is 4.74 Å². The molecule has 4 rings (SSSR count). The molecule has 0 unspecified atom stereocenters. The Morgan fingerprint density at radius 1 is 1.03 bits per heavy atom. The van der Waals surface area contributed by atoms with E-state index in [1.165, 1.54) is 18.9 Å². The number of rotatable bonds is 5. The van der Waals surface area contributed by atoms with Gasteiger partial charge < -0.3 is 9.64 Å². The van der Waals surface area contributed by atoms with Crippen molar-refractivity contribution in [2.24, 2.45) is 17.8 Å². The van der Waals surface area contributed by atoms with Gasteiger partial charge in [-0.15, -0.1) is 0 Å². The number of amides is 1. The third-order valence-corrected chi connectivity index (χ3v) is 11.0. The lowest BCUT2D eigenvalue weighted by Gasteiger charge is -2.50. The number of hydrogen-bond donors (Lipinski definition) is 0. The van der Waals surface area contributed by atoms with Gasteiger partial charge in [-0.3, -0.25) is 0 Å². The van der Waals surface area contributed by atoms with Crippen LogP contribution in [0.1, 0.15) is 38.2 Å². The van der Waals surface area contributed by atoms with Gasteiger partial charge in [-0.05, 0) is 49.0 Å². The van der Waals surface area contributed by atoms with Crippen molar-refractivity contribution in [3.8, 4) is 0 Å². The van der Waals surface area contributed by atoms with Crippen LogP contribution in [0.4, 0.5) is 4.79 Å². The summed E-state index contributed by atoms with van der Waals surface area (Å²) in [6.07, 6.45) is 4.65. The molecular weight excluding hydrogens is 398 g/mol. The number of ether oxygens (including phenoxy) is 1. The summed E-state index contributed by atoms with van der Waals surface area (Å²) in [5, 5.41) is 1.56. The molecule has 4 heteroatoms. The van der Waals surface area contributed by atoms with Gasteiger partial charge in [0, 0.05) is 12.6 Å². The Bertz CT molecular complexity index is 854. The standard InChI is InChI=1S/C27H37NO2Si/c1-21-17-23(20-31(2,3)24-13-8-5-9-14-24)25-15-10-16-28(26(25)18-21)27(29)30-19-22-11-6-4-7-12-22/h4-9,11-14,21,23,25-26H,10,15-20H2,1-3H3/t21-,23+,25-,26-/m1/s1. The van der Waals surface area contributed by atoms with Crippen LogP contribution in [0.5, 0.6) is 0 Å². The SMILES string of the molecule is C[C@@H]1C[C@@H](C[Si](C)(C)c2ccccc2)[C@H]2CCCN(C(=O)OCc3ccccc3)[C@@H]2C1. The largest absolute Gasteiger partial charge is 0.445 e. The zero-order chi connectivity index (χ0) is 21.8. The number of carbonyl (C=O) groups excluding carboxylic acids is 1. The molecule has 1 saturated heterocycles. The van der Waals surface area contributed by atoms with Crippen molar-refractivity contribution >= 4 is 19.4 Å². The summed E-state index contributed by atoms with van der Waals surface area (Å²) in [7, 11) is -1.52. The molecule has 166 valence electrons. The van der Waals surface area contributed by atoms with Crippen LogP contribution < -0.4 is 5.19 Å². The first-order valence-corrected chi connectivity index (χ1v) is 15.2. The zero-order valence-corrected chi connectivity index (χ0v) is 20.3. The highest BCUT2D eigenvalue weighted by atomic mass is 28.3. The van der Waals surface area contributed by atoms with Gasteiger partial charge in [0.2, 0.25) is 0 Å². The second-order valence-corrected chi connectivity index (χ2v) is 15.2. The quantitative estimate of drug-likeness (QED) is 0.534. The first-order valence-electron chi connectivity index (χ1n) is 12.0. The van der Waals surface area contributed by atoms with Crippen molar-refractivity contribution in [3.63, 3.8) is 0 Å². The number of likely N-dealkylation sites (tertiary alicyclic amines) is 1. The lowest BCUT2D eigenvalue weighted by atomic mass is 9.68. The molecule has 1 amide bonds. The Hall–Kier alpha value is -2.07. The van der Waals surface area contributed by atoms with Crippen molar-refractivity contribution in [1.29, 1.82) is 0 Å². The number of carbonyl (C=O) groups is 1. The molecule has 0 aromatic heterocycles. The average molecular weight is 436 g/mol. The normalized spacial score (nSPS) is 26.2. The predicted octanol–water partition coefficient (Wildman–Crippen LogP) is 6.07. The van der Waals surface area contributed by atoms with Crippen LogP contribution in [0.25, 0.3) is 0 Å². The Morgan fingerprint density at radius 3 is 2.42 bits per heavy atom. The van der Waals surface area contributed by atoms with Crippen LogP contribution in [0.15, 0.2) is 60.7 Å². The molecule has 0 N–H and O–H groups in total. The lowest BCUT2D eigenvalue weighted by molar-refractivity contribution is 0.00430. The smallest absolute Gasteiger partial charge is 0.410 e. The molecule has 2 aromatic carbocycles. The Morgan fingerprint density at radius 2 is 1.71 bits per heavy atom. The van der Waals surface area contributed by atoms with Crippen LogP contribution in [0, 0.1) is 17.8 Å². The van der Waals surface area contributed by atoms with Gasteiger partial charge in [-0.25, -0.2) is 4.79 Å². The molecule has 1 saturated carbocycles. The summed E-state index contributed by atoms with van der Waals surface area (Å²) in [5.74, 6) is 1.99. The molecule has 0 spiro atoms. The fraction of sp³-hybridized carbons (Fsp3) is 0.519. The molecule has 0 radical (unpaired) electrons. The molecular formula is C27H37NO2Si. The molecule has 1 aliphatic heterocycles. The van der Waals surface area contributed by atoms with E-state index in [1.807, 2.05) is 30.3 Å². The summed E-state index contributed by atoms with van der Waals surface area (Å²) in [4.78, 5) is 15.1. The average Bonchev–Trinajstić information content (AvgIpc) is 2.78. The van der Waals surface area contributed by atoms with E-state index in [9.17, 15) is 4.79 Å². The van der Waals surface area contributed by atoms with Gasteiger partial charge in [0.25, 0.3) is 0 Å². The first-order chi connectivity index (χ1) is 14.9. The number of nitrogens with zero attached hydrogens (tertiary/aromatic N) is 1. The highest BCUT2D eigenvalue weighted by Crippen LogP contribution is 2.45. The maximum Gasteiger partial charge on any atom is 0.410 e. The van der Waals surface area contributed by atoms with E-state index in [2.05, 4.69) is 55.2 Å². The third kappa shape index (κ3) is 5.23. The highest BCUT2D eigenvalue weighted by Gasteiger charge is 2.45. The van der Waals surface area contributed by atoms with Crippen LogP contribution in [0.3, 0.4) is 0 Å². The molecule has 1 aliphatic carbocycles. The minimum absolute atomic E-state index is 0.119. The van der Waals surface area contributed by atoms with E-state index in [0.29, 0.717) is 30.4 Å². The lowest BCUT2D eigenvalue weighted by Crippen LogP contribution is -2.55. The van der Waals surface area contributed by atoms with Crippen molar-refractivity contribution in [1.82, 2.24) is 4.90 Å². The Kier molecular flexibility index (Phi) is 6.85. The van der Waals surface area contributed by atoms with Gasteiger partial charge in [0.05, 0.1) is 8.07 Å². The van der Waals surface area contributed by atoms with Crippen LogP contribution in [-0.2, 0) is 11.3 Å². The van der Waals surface area contributed by atoms with Crippen molar-refractivity contribution in [2.45, 2.75) is 64.4 Å². The fourth-order valence-electron chi connectivity index (χ4n) is 6.06. The van der Waals surface area contributed by atoms with E-state index in [1.54, 1.807) is 5.19 Å². The maximum absolute atomic E-state index is 13.1. The summed E-state index contributed by atoms with van der Waals surface area (Å²) in [6, 6.07) is 22.8.